The second-order valence-corrected chi connectivity index (χ2v) is 6.13. The van der Waals surface area contributed by atoms with Crippen molar-refractivity contribution in [1.82, 2.24) is 0 Å². The number of ether oxygens (including phenoxy) is 1. The molecule has 0 saturated carbocycles. The molecule has 0 heterocycles. The molecule has 1 aromatic carbocycles. The molecule has 6 heteroatoms. The molecule has 0 aliphatic heterocycles. The number of carbonyl (C=O) groups is 1. The van der Waals surface area contributed by atoms with Crippen molar-refractivity contribution in [2.24, 2.45) is 0 Å². The Hall–Kier alpha value is -1.11. The van der Waals surface area contributed by atoms with Crippen LogP contribution in [0.3, 0.4) is 0 Å². The van der Waals surface area contributed by atoms with Gasteiger partial charge in [-0.15, -0.1) is 0 Å². The summed E-state index contributed by atoms with van der Waals surface area (Å²) in [6, 6.07) is 6.03. The van der Waals surface area contributed by atoms with E-state index in [1.54, 1.807) is 12.1 Å². The van der Waals surface area contributed by atoms with Crippen LogP contribution >= 0.6 is 0 Å². The molecular weight excluding hydrogens is 386 g/mol. The number of aromatic carboxylic acids is 1. The molecule has 25 heavy (non-hydrogen) atoms. The topological polar surface area (TPSA) is 69.6 Å². The van der Waals surface area contributed by atoms with E-state index in [9.17, 15) is 9.90 Å². The summed E-state index contributed by atoms with van der Waals surface area (Å²) in [6.07, 6.45) is 4.73. The Morgan fingerprint density at radius 1 is 1.08 bits per heavy atom. The van der Waals surface area contributed by atoms with Crippen LogP contribution in [-0.2, 0) is 0 Å². The van der Waals surface area contributed by atoms with E-state index in [1.807, 2.05) is 0 Å². The first-order valence-corrected chi connectivity index (χ1v) is 8.72. The number of aliphatic hydroxyl groups is 1. The Morgan fingerprint density at radius 3 is 2.00 bits per heavy atom. The minimum atomic E-state index is -1.17. The standard InChI is InChI=1S/C11H26NO.C8H8O3.BrH/c1-4-12(3,5-2)10-8-6-7-9-11-13;1-11-7-4-2-6(3-5-7)8(9)10;/h13H,4-11H2,1-3H3;2-5H,1H3,(H,9,10);1H/q+1;;/p-2. The SMILES string of the molecule is CC[N+](C)(CC)CCCCCCO.COc1ccc(C(=O)[O-])cc1.[Br-]. The van der Waals surface area contributed by atoms with Crippen molar-refractivity contribution >= 4 is 5.97 Å². The molecule has 0 aliphatic carbocycles. The van der Waals surface area contributed by atoms with Crippen LogP contribution in [0.25, 0.3) is 0 Å². The van der Waals surface area contributed by atoms with Crippen molar-refractivity contribution in [3.05, 3.63) is 29.8 Å². The molecule has 146 valence electrons. The molecule has 0 bridgehead atoms. The second-order valence-electron chi connectivity index (χ2n) is 6.13. The van der Waals surface area contributed by atoms with Gasteiger partial charge in [0.05, 0.1) is 39.8 Å². The van der Waals surface area contributed by atoms with Crippen LogP contribution in [-0.4, -0.2) is 56.0 Å². The number of aliphatic hydroxyl groups excluding tert-OH is 1. The normalized spacial score (nSPS) is 10.3. The number of quaternary nitrogens is 1. The number of nitrogens with zero attached hydrogens (tertiary/aromatic N) is 1. The van der Waals surface area contributed by atoms with Crippen LogP contribution < -0.4 is 26.8 Å². The third-order valence-electron chi connectivity index (χ3n) is 4.46. The molecule has 0 atom stereocenters. The molecule has 0 aromatic heterocycles. The lowest BCUT2D eigenvalue weighted by molar-refractivity contribution is -0.906. The van der Waals surface area contributed by atoms with Gasteiger partial charge in [0, 0.05) is 6.61 Å². The summed E-state index contributed by atoms with van der Waals surface area (Å²) in [5.41, 5.74) is 0.158. The molecule has 0 fully saturated rings. The van der Waals surface area contributed by atoms with Crippen molar-refractivity contribution in [2.75, 3.05) is 40.4 Å². The van der Waals surface area contributed by atoms with Gasteiger partial charge in [0.15, 0.2) is 0 Å². The van der Waals surface area contributed by atoms with Crippen molar-refractivity contribution in [3.63, 3.8) is 0 Å². The summed E-state index contributed by atoms with van der Waals surface area (Å²) < 4.78 is 6.03. The average Bonchev–Trinajstić information content (AvgIpc) is 2.62. The fraction of sp³-hybridized carbons (Fsp3) is 0.632. The maximum absolute atomic E-state index is 10.2. The highest BCUT2D eigenvalue weighted by Gasteiger charge is 2.14. The monoisotopic (exact) mass is 418 g/mol. The summed E-state index contributed by atoms with van der Waals surface area (Å²) >= 11 is 0. The van der Waals surface area contributed by atoms with Gasteiger partial charge in [-0.2, -0.15) is 0 Å². The molecule has 0 aliphatic rings. The first-order chi connectivity index (χ1) is 11.4. The zero-order chi connectivity index (χ0) is 18.4. The Morgan fingerprint density at radius 2 is 1.60 bits per heavy atom. The van der Waals surface area contributed by atoms with E-state index in [1.165, 1.54) is 62.6 Å². The van der Waals surface area contributed by atoms with E-state index in [4.69, 9.17) is 9.84 Å². The Kier molecular flexibility index (Phi) is 15.9. The van der Waals surface area contributed by atoms with Crippen molar-refractivity contribution in [1.29, 1.82) is 0 Å². The average molecular weight is 419 g/mol. The lowest BCUT2D eigenvalue weighted by Gasteiger charge is -2.32. The largest absolute Gasteiger partial charge is 1.00 e. The van der Waals surface area contributed by atoms with Gasteiger partial charge in [-0.25, -0.2) is 0 Å². The molecule has 1 rings (SSSR count). The van der Waals surface area contributed by atoms with Gasteiger partial charge in [-0.1, -0.05) is 6.42 Å². The van der Waals surface area contributed by atoms with Gasteiger partial charge in [-0.05, 0) is 62.9 Å². The third-order valence-corrected chi connectivity index (χ3v) is 4.46. The predicted octanol–water partition coefficient (Wildman–Crippen LogP) is -0.912. The molecule has 0 amide bonds. The van der Waals surface area contributed by atoms with Crippen LogP contribution in [0.4, 0.5) is 0 Å². The minimum absolute atomic E-state index is 0. The second kappa shape index (κ2) is 15.2. The number of hydrogen-bond donors (Lipinski definition) is 1. The van der Waals surface area contributed by atoms with Crippen LogP contribution in [0, 0.1) is 0 Å². The molecule has 0 radical (unpaired) electrons. The van der Waals surface area contributed by atoms with Crippen molar-refractivity contribution in [2.45, 2.75) is 39.5 Å². The highest BCUT2D eigenvalue weighted by Crippen LogP contribution is 2.10. The van der Waals surface area contributed by atoms with Gasteiger partial charge in [0.1, 0.15) is 5.75 Å². The quantitative estimate of drug-likeness (QED) is 0.394. The number of unbranched alkanes of at least 4 members (excludes halogenated alkanes) is 3. The van der Waals surface area contributed by atoms with Crippen LogP contribution in [0.2, 0.25) is 0 Å². The lowest BCUT2D eigenvalue weighted by atomic mass is 10.2. The number of halogens is 1. The van der Waals surface area contributed by atoms with Gasteiger partial charge in [-0.3, -0.25) is 0 Å². The number of hydrogen-bond acceptors (Lipinski definition) is 4. The van der Waals surface area contributed by atoms with Crippen LogP contribution in [0.1, 0.15) is 49.9 Å². The summed E-state index contributed by atoms with van der Waals surface area (Å²) in [7, 11) is 3.85. The van der Waals surface area contributed by atoms with E-state index in [0.29, 0.717) is 12.4 Å². The summed E-state index contributed by atoms with van der Waals surface area (Å²) in [5, 5.41) is 18.9. The first kappa shape index (κ1) is 26.1. The zero-order valence-electron chi connectivity index (χ0n) is 16.0. The fourth-order valence-electron chi connectivity index (χ4n) is 2.23. The van der Waals surface area contributed by atoms with Gasteiger partial charge in [0.25, 0.3) is 0 Å². The molecule has 5 nitrogen and oxygen atoms in total. The maximum atomic E-state index is 10.2. The summed E-state index contributed by atoms with van der Waals surface area (Å²) in [6.45, 7) is 8.63. The number of benzene rings is 1. The highest BCUT2D eigenvalue weighted by atomic mass is 79.9. The zero-order valence-corrected chi connectivity index (χ0v) is 17.5. The molecule has 0 unspecified atom stereocenters. The molecule has 1 N–H and O–H groups in total. The Bertz CT molecular complexity index is 447. The number of carbonyl (C=O) groups excluding carboxylic acids is 1. The Balaban J connectivity index is 0. The third kappa shape index (κ3) is 12.0. The fourth-order valence-corrected chi connectivity index (χ4v) is 2.23. The van der Waals surface area contributed by atoms with E-state index in [0.717, 1.165) is 6.42 Å². The van der Waals surface area contributed by atoms with Crippen LogP contribution in [0.15, 0.2) is 24.3 Å². The number of carboxylic acids is 1. The van der Waals surface area contributed by atoms with E-state index >= 15 is 0 Å². The predicted molar refractivity (Wildman–Crippen MR) is 95.0 cm³/mol. The van der Waals surface area contributed by atoms with Gasteiger partial charge in [0.2, 0.25) is 0 Å². The van der Waals surface area contributed by atoms with Gasteiger partial charge < -0.3 is 41.2 Å². The summed E-state index contributed by atoms with van der Waals surface area (Å²) in [5.74, 6) is -0.539. The molecule has 1 aromatic rings. The van der Waals surface area contributed by atoms with E-state index in [-0.39, 0.29) is 22.5 Å². The minimum Gasteiger partial charge on any atom is -1.00 e. The van der Waals surface area contributed by atoms with E-state index < -0.39 is 5.97 Å². The van der Waals surface area contributed by atoms with E-state index in [2.05, 4.69) is 20.9 Å². The maximum Gasteiger partial charge on any atom is 0.118 e. The smallest absolute Gasteiger partial charge is 0.118 e. The number of methoxy groups -OCH3 is 1. The van der Waals surface area contributed by atoms with Crippen LogP contribution in [0.5, 0.6) is 5.75 Å². The van der Waals surface area contributed by atoms with Gasteiger partial charge >= 0.3 is 0 Å². The number of carboxylic acid groups (broad SMARTS) is 1. The first-order valence-electron chi connectivity index (χ1n) is 8.72. The van der Waals surface area contributed by atoms with Crippen molar-refractivity contribution < 1.29 is 41.2 Å². The summed E-state index contributed by atoms with van der Waals surface area (Å²) in [4.78, 5) is 10.2. The van der Waals surface area contributed by atoms with Crippen molar-refractivity contribution in [3.8, 4) is 5.75 Å². The Labute approximate surface area is 163 Å². The molecule has 0 saturated heterocycles. The number of rotatable bonds is 10. The highest BCUT2D eigenvalue weighted by molar-refractivity contribution is 5.85. The molecular formula is C19H33BrNO4-. The molecule has 0 spiro atoms. The lowest BCUT2D eigenvalue weighted by Crippen LogP contribution is -3.00.